The van der Waals surface area contributed by atoms with Gasteiger partial charge in [0.05, 0.1) is 11.5 Å². The minimum atomic E-state index is -3.60. The van der Waals surface area contributed by atoms with Crippen molar-refractivity contribution >= 4 is 15.7 Å². The molecule has 1 fully saturated rings. The van der Waals surface area contributed by atoms with Crippen LogP contribution in [-0.2, 0) is 19.5 Å². The summed E-state index contributed by atoms with van der Waals surface area (Å²) >= 11 is 0. The van der Waals surface area contributed by atoms with Crippen LogP contribution in [0.2, 0.25) is 0 Å². The number of methoxy groups -OCH3 is 1. The first-order valence-corrected chi connectivity index (χ1v) is 7.86. The summed E-state index contributed by atoms with van der Waals surface area (Å²) < 4.78 is 37.7. The Hall–Kier alpha value is -1.15. The van der Waals surface area contributed by atoms with Crippen LogP contribution in [0, 0.1) is 6.92 Å². The maximum Gasteiger partial charge on any atom is 0.240 e. The van der Waals surface area contributed by atoms with Gasteiger partial charge in [0.2, 0.25) is 10.0 Å². The van der Waals surface area contributed by atoms with E-state index in [0.29, 0.717) is 25.3 Å². The Bertz CT molecular complexity index is 580. The maximum atomic E-state index is 12.2. The van der Waals surface area contributed by atoms with E-state index >= 15 is 0 Å². The molecule has 112 valence electrons. The first-order chi connectivity index (χ1) is 9.38. The average molecular weight is 300 g/mol. The lowest BCUT2D eigenvalue weighted by Gasteiger charge is -2.25. The molecular weight excluding hydrogens is 280 g/mol. The van der Waals surface area contributed by atoms with E-state index in [2.05, 4.69) is 4.72 Å². The zero-order valence-electron chi connectivity index (χ0n) is 11.7. The normalized spacial score (nSPS) is 23.1. The third-order valence-electron chi connectivity index (χ3n) is 3.65. The minimum Gasteiger partial charge on any atom is -0.398 e. The molecule has 2 rings (SSSR count). The van der Waals surface area contributed by atoms with Gasteiger partial charge >= 0.3 is 0 Å². The fraction of sp³-hybridized carbons (Fsp3) is 0.538. The molecule has 1 aliphatic rings. The zero-order chi connectivity index (χ0) is 14.8. The van der Waals surface area contributed by atoms with Gasteiger partial charge in [-0.2, -0.15) is 0 Å². The van der Waals surface area contributed by atoms with Crippen LogP contribution < -0.4 is 10.5 Å². The standard InChI is InChI=1S/C13H20N2O4S/c1-10-3-4-11(7-12(10)14)20(16,17)15-8-13(18-2)5-6-19-9-13/h3-4,7,15H,5-6,8-9,14H2,1-2H3. The third kappa shape index (κ3) is 3.12. The van der Waals surface area contributed by atoms with E-state index in [1.807, 2.05) is 6.92 Å². The van der Waals surface area contributed by atoms with Crippen molar-refractivity contribution in [2.75, 3.05) is 32.6 Å². The second-order valence-electron chi connectivity index (χ2n) is 5.03. The third-order valence-corrected chi connectivity index (χ3v) is 5.04. The highest BCUT2D eigenvalue weighted by molar-refractivity contribution is 7.89. The summed E-state index contributed by atoms with van der Waals surface area (Å²) in [6, 6.07) is 4.69. The first-order valence-electron chi connectivity index (χ1n) is 6.37. The van der Waals surface area contributed by atoms with Crippen LogP contribution in [-0.4, -0.2) is 40.9 Å². The molecule has 1 aromatic carbocycles. The number of benzene rings is 1. The number of nitrogens with one attached hydrogen (secondary N) is 1. The van der Waals surface area contributed by atoms with Gasteiger partial charge in [-0.05, 0) is 24.6 Å². The van der Waals surface area contributed by atoms with E-state index in [1.165, 1.54) is 6.07 Å². The van der Waals surface area contributed by atoms with E-state index < -0.39 is 15.6 Å². The SMILES string of the molecule is COC1(CNS(=O)(=O)c2ccc(C)c(N)c2)CCOC1. The van der Waals surface area contributed by atoms with Gasteiger partial charge in [0.15, 0.2) is 0 Å². The van der Waals surface area contributed by atoms with Gasteiger partial charge in [0.25, 0.3) is 0 Å². The summed E-state index contributed by atoms with van der Waals surface area (Å²) in [5.74, 6) is 0. The molecule has 0 amide bonds. The molecule has 0 spiro atoms. The second kappa shape index (κ2) is 5.69. The van der Waals surface area contributed by atoms with Gasteiger partial charge in [-0.3, -0.25) is 0 Å². The molecule has 0 bridgehead atoms. The molecular formula is C13H20N2O4S. The number of hydrogen-bond acceptors (Lipinski definition) is 5. The van der Waals surface area contributed by atoms with Gasteiger partial charge < -0.3 is 15.2 Å². The number of aryl methyl sites for hydroxylation is 1. The fourth-order valence-corrected chi connectivity index (χ4v) is 3.21. The lowest BCUT2D eigenvalue weighted by Crippen LogP contribution is -2.44. The highest BCUT2D eigenvalue weighted by Gasteiger charge is 2.36. The van der Waals surface area contributed by atoms with Crippen LogP contribution in [0.15, 0.2) is 23.1 Å². The van der Waals surface area contributed by atoms with E-state index in [9.17, 15) is 8.42 Å². The predicted octanol–water partition coefficient (Wildman–Crippen LogP) is 0.661. The Balaban J connectivity index is 2.13. The molecule has 0 radical (unpaired) electrons. The van der Waals surface area contributed by atoms with Crippen LogP contribution >= 0.6 is 0 Å². The lowest BCUT2D eigenvalue weighted by molar-refractivity contribution is -0.0120. The summed E-state index contributed by atoms with van der Waals surface area (Å²) in [6.07, 6.45) is 0.669. The molecule has 1 atom stereocenters. The largest absolute Gasteiger partial charge is 0.398 e. The Labute approximate surface area is 119 Å². The van der Waals surface area contributed by atoms with Gasteiger partial charge in [0, 0.05) is 32.4 Å². The molecule has 0 saturated carbocycles. The summed E-state index contributed by atoms with van der Waals surface area (Å²) in [5, 5.41) is 0. The quantitative estimate of drug-likeness (QED) is 0.780. The number of anilines is 1. The average Bonchev–Trinajstić information content (AvgIpc) is 2.89. The van der Waals surface area contributed by atoms with E-state index in [1.54, 1.807) is 19.2 Å². The van der Waals surface area contributed by atoms with Gasteiger partial charge in [0.1, 0.15) is 5.60 Å². The number of rotatable bonds is 5. The Morgan fingerprint density at radius 3 is 2.80 bits per heavy atom. The van der Waals surface area contributed by atoms with Crippen molar-refractivity contribution in [2.24, 2.45) is 0 Å². The van der Waals surface area contributed by atoms with E-state index in [4.69, 9.17) is 15.2 Å². The maximum absolute atomic E-state index is 12.2. The van der Waals surface area contributed by atoms with Crippen molar-refractivity contribution in [1.82, 2.24) is 4.72 Å². The Kier molecular flexibility index (Phi) is 4.33. The van der Waals surface area contributed by atoms with Gasteiger partial charge in [-0.1, -0.05) is 6.07 Å². The monoisotopic (exact) mass is 300 g/mol. The Morgan fingerprint density at radius 1 is 1.50 bits per heavy atom. The number of nitrogen functional groups attached to an aromatic ring is 1. The van der Waals surface area contributed by atoms with Crippen molar-refractivity contribution in [2.45, 2.75) is 23.8 Å². The number of hydrogen-bond donors (Lipinski definition) is 2. The summed E-state index contributed by atoms with van der Waals surface area (Å²) in [6.45, 7) is 2.98. The van der Waals surface area contributed by atoms with Crippen LogP contribution in [0.1, 0.15) is 12.0 Å². The Morgan fingerprint density at radius 2 is 2.25 bits per heavy atom. The molecule has 6 nitrogen and oxygen atoms in total. The zero-order valence-corrected chi connectivity index (χ0v) is 12.5. The van der Waals surface area contributed by atoms with E-state index in [0.717, 1.165) is 5.56 Å². The molecule has 0 aromatic heterocycles. The van der Waals surface area contributed by atoms with Crippen LogP contribution in [0.25, 0.3) is 0 Å². The van der Waals surface area contributed by atoms with Crippen LogP contribution in [0.4, 0.5) is 5.69 Å². The first kappa shape index (κ1) is 15.2. The molecule has 1 heterocycles. The van der Waals surface area contributed by atoms with Crippen molar-refractivity contribution < 1.29 is 17.9 Å². The minimum absolute atomic E-state index is 0.158. The van der Waals surface area contributed by atoms with Crippen molar-refractivity contribution in [3.63, 3.8) is 0 Å². The number of ether oxygens (including phenoxy) is 2. The molecule has 1 saturated heterocycles. The summed E-state index contributed by atoms with van der Waals surface area (Å²) in [4.78, 5) is 0.158. The number of nitrogens with two attached hydrogens (primary N) is 1. The van der Waals surface area contributed by atoms with Crippen LogP contribution in [0.3, 0.4) is 0 Å². The lowest BCUT2D eigenvalue weighted by atomic mass is 10.0. The molecule has 7 heteroatoms. The summed E-state index contributed by atoms with van der Waals surface area (Å²) in [7, 11) is -2.04. The fourth-order valence-electron chi connectivity index (χ4n) is 2.06. The number of sulfonamides is 1. The van der Waals surface area contributed by atoms with Crippen LogP contribution in [0.5, 0.6) is 0 Å². The summed E-state index contributed by atoms with van der Waals surface area (Å²) in [5.41, 5.74) is 6.48. The molecule has 20 heavy (non-hydrogen) atoms. The molecule has 1 aromatic rings. The van der Waals surface area contributed by atoms with Gasteiger partial charge in [-0.15, -0.1) is 0 Å². The second-order valence-corrected chi connectivity index (χ2v) is 6.80. The molecule has 3 N–H and O–H groups in total. The molecule has 0 aliphatic carbocycles. The highest BCUT2D eigenvalue weighted by atomic mass is 32.2. The van der Waals surface area contributed by atoms with Crippen molar-refractivity contribution in [1.29, 1.82) is 0 Å². The van der Waals surface area contributed by atoms with E-state index in [-0.39, 0.29) is 11.4 Å². The van der Waals surface area contributed by atoms with Crippen molar-refractivity contribution in [3.05, 3.63) is 23.8 Å². The van der Waals surface area contributed by atoms with Gasteiger partial charge in [-0.25, -0.2) is 13.1 Å². The molecule has 1 unspecified atom stereocenters. The molecule has 1 aliphatic heterocycles. The topological polar surface area (TPSA) is 90.7 Å². The highest BCUT2D eigenvalue weighted by Crippen LogP contribution is 2.23. The predicted molar refractivity (Wildman–Crippen MR) is 76.0 cm³/mol. The smallest absolute Gasteiger partial charge is 0.240 e. The van der Waals surface area contributed by atoms with Crippen molar-refractivity contribution in [3.8, 4) is 0 Å².